The predicted molar refractivity (Wildman–Crippen MR) is 61.6 cm³/mol. The molecule has 0 spiro atoms. The third-order valence-corrected chi connectivity index (χ3v) is 4.74. The molecular formula is C10H17N3O2S. The molecule has 0 radical (unpaired) electrons. The minimum Gasteiger partial charge on any atom is -0.366 e. The van der Waals surface area contributed by atoms with Crippen LogP contribution >= 0.6 is 0 Å². The van der Waals surface area contributed by atoms with Crippen LogP contribution in [-0.4, -0.2) is 43.9 Å². The van der Waals surface area contributed by atoms with Gasteiger partial charge in [-0.25, -0.2) is 8.42 Å². The lowest BCUT2D eigenvalue weighted by molar-refractivity contribution is 0.417. The van der Waals surface area contributed by atoms with Crippen molar-refractivity contribution in [3.63, 3.8) is 0 Å². The third kappa shape index (κ3) is 2.28. The molecule has 16 heavy (non-hydrogen) atoms. The van der Waals surface area contributed by atoms with Gasteiger partial charge < -0.3 is 10.3 Å². The molecule has 0 bridgehead atoms. The number of H-pyrrole nitrogens is 1. The van der Waals surface area contributed by atoms with Crippen molar-refractivity contribution in [2.75, 3.05) is 20.1 Å². The van der Waals surface area contributed by atoms with E-state index >= 15 is 0 Å². The Bertz CT molecular complexity index is 421. The molecule has 6 heteroatoms. The quantitative estimate of drug-likeness (QED) is 0.804. The van der Waals surface area contributed by atoms with Gasteiger partial charge in [0.1, 0.15) is 0 Å². The summed E-state index contributed by atoms with van der Waals surface area (Å²) in [7, 11) is -1.69. The van der Waals surface area contributed by atoms with Crippen molar-refractivity contribution in [1.82, 2.24) is 14.6 Å². The second-order valence-electron chi connectivity index (χ2n) is 4.13. The van der Waals surface area contributed by atoms with E-state index in [0.717, 1.165) is 19.4 Å². The number of nitrogens with zero attached hydrogens (tertiary/aromatic N) is 1. The smallest absolute Gasteiger partial charge is 0.244 e. The van der Waals surface area contributed by atoms with Crippen molar-refractivity contribution in [2.45, 2.75) is 23.8 Å². The summed E-state index contributed by atoms with van der Waals surface area (Å²) in [4.78, 5) is 3.09. The number of nitrogens with one attached hydrogen (secondary N) is 2. The van der Waals surface area contributed by atoms with E-state index in [0.29, 0.717) is 17.5 Å². The van der Waals surface area contributed by atoms with Crippen molar-refractivity contribution in [1.29, 1.82) is 0 Å². The van der Waals surface area contributed by atoms with Gasteiger partial charge in [-0.3, -0.25) is 0 Å². The summed E-state index contributed by atoms with van der Waals surface area (Å²) in [5.74, 6) is 0. The van der Waals surface area contributed by atoms with E-state index in [2.05, 4.69) is 10.3 Å². The molecule has 5 nitrogen and oxygen atoms in total. The van der Waals surface area contributed by atoms with E-state index in [-0.39, 0.29) is 0 Å². The normalized spacial score (nSPS) is 21.8. The maximum absolute atomic E-state index is 12.1. The van der Waals surface area contributed by atoms with E-state index in [4.69, 9.17) is 0 Å². The Kier molecular flexibility index (Phi) is 3.32. The van der Waals surface area contributed by atoms with Gasteiger partial charge in [0.05, 0.1) is 4.90 Å². The lowest BCUT2D eigenvalue weighted by Crippen LogP contribution is -2.38. The van der Waals surface area contributed by atoms with Gasteiger partial charge in [-0.1, -0.05) is 0 Å². The van der Waals surface area contributed by atoms with Crippen LogP contribution in [0.2, 0.25) is 0 Å². The zero-order chi connectivity index (χ0) is 11.6. The number of likely N-dealkylation sites (N-methyl/N-ethyl adjacent to an activating group) is 1. The van der Waals surface area contributed by atoms with Crippen LogP contribution in [0.3, 0.4) is 0 Å². The monoisotopic (exact) mass is 243 g/mol. The molecule has 1 saturated heterocycles. The Morgan fingerprint density at radius 1 is 1.56 bits per heavy atom. The number of aromatic amines is 1. The van der Waals surface area contributed by atoms with E-state index < -0.39 is 10.0 Å². The van der Waals surface area contributed by atoms with Crippen LogP contribution in [0.5, 0.6) is 0 Å². The molecule has 90 valence electrons. The summed E-state index contributed by atoms with van der Waals surface area (Å²) in [6, 6.07) is 1.87. The molecular weight excluding hydrogens is 226 g/mol. The molecule has 1 aromatic heterocycles. The van der Waals surface area contributed by atoms with Gasteiger partial charge in [-0.05, 0) is 25.5 Å². The summed E-state index contributed by atoms with van der Waals surface area (Å²) >= 11 is 0. The number of aromatic nitrogens is 1. The first-order valence-corrected chi connectivity index (χ1v) is 6.87. The summed E-state index contributed by atoms with van der Waals surface area (Å²) in [5, 5.41) is 3.29. The van der Waals surface area contributed by atoms with Gasteiger partial charge in [0, 0.05) is 32.0 Å². The molecule has 0 amide bonds. The minimum absolute atomic E-state index is 0.290. The molecule has 1 aliphatic rings. The van der Waals surface area contributed by atoms with Crippen molar-refractivity contribution < 1.29 is 8.42 Å². The Morgan fingerprint density at radius 3 is 2.94 bits per heavy atom. The molecule has 1 atom stereocenters. The van der Waals surface area contributed by atoms with Gasteiger partial charge in [-0.2, -0.15) is 4.31 Å². The first-order chi connectivity index (χ1) is 7.60. The number of hydrogen-bond donors (Lipinski definition) is 2. The van der Waals surface area contributed by atoms with Crippen molar-refractivity contribution in [2.24, 2.45) is 0 Å². The van der Waals surface area contributed by atoms with E-state index in [1.807, 2.05) is 0 Å². The zero-order valence-electron chi connectivity index (χ0n) is 9.31. The van der Waals surface area contributed by atoms with Crippen LogP contribution in [0.15, 0.2) is 23.4 Å². The summed E-state index contributed by atoms with van der Waals surface area (Å²) < 4.78 is 25.5. The molecule has 1 aromatic rings. The Balaban J connectivity index is 2.06. The molecule has 0 saturated carbocycles. The molecule has 1 unspecified atom stereocenters. The van der Waals surface area contributed by atoms with Crippen molar-refractivity contribution >= 4 is 10.0 Å². The maximum Gasteiger partial charge on any atom is 0.244 e. The highest BCUT2D eigenvalue weighted by atomic mass is 32.2. The van der Waals surface area contributed by atoms with Gasteiger partial charge >= 0.3 is 0 Å². The van der Waals surface area contributed by atoms with Gasteiger partial charge in [0.2, 0.25) is 10.0 Å². The molecule has 0 aromatic carbocycles. The largest absolute Gasteiger partial charge is 0.366 e. The van der Waals surface area contributed by atoms with E-state index in [1.165, 1.54) is 10.5 Å². The standard InChI is InChI=1S/C10H17N3O2S/c1-13(8-9-3-2-5-12-9)16(14,15)10-4-6-11-7-10/h4,6-7,9,11-12H,2-3,5,8H2,1H3. The first kappa shape index (κ1) is 11.6. The van der Waals surface area contributed by atoms with Crippen LogP contribution in [0.4, 0.5) is 0 Å². The maximum atomic E-state index is 12.1. The average Bonchev–Trinajstić information content (AvgIpc) is 2.89. The average molecular weight is 243 g/mol. The summed E-state index contributed by atoms with van der Waals surface area (Å²) in [5.41, 5.74) is 0. The van der Waals surface area contributed by atoms with E-state index in [1.54, 1.807) is 19.3 Å². The fourth-order valence-electron chi connectivity index (χ4n) is 1.97. The van der Waals surface area contributed by atoms with Gasteiger partial charge in [0.15, 0.2) is 0 Å². The van der Waals surface area contributed by atoms with Crippen LogP contribution in [0.25, 0.3) is 0 Å². The van der Waals surface area contributed by atoms with Gasteiger partial charge in [-0.15, -0.1) is 0 Å². The summed E-state index contributed by atoms with van der Waals surface area (Å²) in [6.07, 6.45) is 5.30. The molecule has 2 N–H and O–H groups in total. The predicted octanol–water partition coefficient (Wildman–Crippen LogP) is 0.387. The second-order valence-corrected chi connectivity index (χ2v) is 6.17. The SMILES string of the molecule is CN(CC1CCCN1)S(=O)(=O)c1cc[nH]c1. The lowest BCUT2D eigenvalue weighted by Gasteiger charge is -2.20. The lowest BCUT2D eigenvalue weighted by atomic mass is 10.2. The van der Waals surface area contributed by atoms with Crippen molar-refractivity contribution in [3.8, 4) is 0 Å². The van der Waals surface area contributed by atoms with Crippen LogP contribution in [0.1, 0.15) is 12.8 Å². The second kappa shape index (κ2) is 4.57. The Hall–Kier alpha value is -0.850. The van der Waals surface area contributed by atoms with Gasteiger partial charge in [0.25, 0.3) is 0 Å². The molecule has 0 aliphatic carbocycles. The van der Waals surface area contributed by atoms with Crippen molar-refractivity contribution in [3.05, 3.63) is 18.5 Å². The highest BCUT2D eigenvalue weighted by molar-refractivity contribution is 7.89. The number of rotatable bonds is 4. The molecule has 1 fully saturated rings. The molecule has 2 rings (SSSR count). The third-order valence-electron chi connectivity index (χ3n) is 2.92. The topological polar surface area (TPSA) is 65.2 Å². The fraction of sp³-hybridized carbons (Fsp3) is 0.600. The highest BCUT2D eigenvalue weighted by Crippen LogP contribution is 2.15. The first-order valence-electron chi connectivity index (χ1n) is 5.43. The fourth-order valence-corrected chi connectivity index (χ4v) is 3.16. The van der Waals surface area contributed by atoms with E-state index in [9.17, 15) is 8.42 Å². The minimum atomic E-state index is -3.32. The highest BCUT2D eigenvalue weighted by Gasteiger charge is 2.25. The number of hydrogen-bond acceptors (Lipinski definition) is 3. The Morgan fingerprint density at radius 2 is 2.38 bits per heavy atom. The summed E-state index contributed by atoms with van der Waals surface area (Å²) in [6.45, 7) is 1.52. The molecule has 1 aliphatic heterocycles. The van der Waals surface area contributed by atoms with Crippen LogP contribution < -0.4 is 5.32 Å². The number of sulfonamides is 1. The zero-order valence-corrected chi connectivity index (χ0v) is 10.1. The van der Waals surface area contributed by atoms with Crippen LogP contribution in [0, 0.1) is 0 Å². The molecule has 2 heterocycles. The Labute approximate surface area is 95.9 Å². The van der Waals surface area contributed by atoms with Crippen LogP contribution in [-0.2, 0) is 10.0 Å².